The van der Waals surface area contributed by atoms with Crippen molar-refractivity contribution < 1.29 is 19.0 Å². The zero-order valence-corrected chi connectivity index (χ0v) is 18.2. The van der Waals surface area contributed by atoms with Gasteiger partial charge in [0.25, 0.3) is 5.91 Å². The van der Waals surface area contributed by atoms with E-state index in [0.29, 0.717) is 29.5 Å². The summed E-state index contributed by atoms with van der Waals surface area (Å²) in [5.74, 6) is 0.967. The molecular formula is C24H23N5O4. The SMILES string of the molecule is CCOc1ccc(NC(=O)COc2ccc([C@H]3C(C#N)=C(N)Oc4n[nH]c(C)c43)cc2)cc1. The Bertz CT molecular complexity index is 1220. The molecule has 0 bridgehead atoms. The Balaban J connectivity index is 1.42. The van der Waals surface area contributed by atoms with Crippen LogP contribution in [0.3, 0.4) is 0 Å². The minimum absolute atomic E-state index is 0.0350. The summed E-state index contributed by atoms with van der Waals surface area (Å²) in [6, 6.07) is 16.4. The molecule has 2 aromatic carbocycles. The van der Waals surface area contributed by atoms with Gasteiger partial charge in [0, 0.05) is 16.9 Å². The number of anilines is 1. The smallest absolute Gasteiger partial charge is 0.262 e. The van der Waals surface area contributed by atoms with E-state index in [9.17, 15) is 10.1 Å². The molecule has 1 aliphatic heterocycles. The van der Waals surface area contributed by atoms with Crippen molar-refractivity contribution in [1.29, 1.82) is 5.26 Å². The Kier molecular flexibility index (Phi) is 6.17. The number of carbonyl (C=O) groups excluding carboxylic acids is 1. The number of benzene rings is 2. The van der Waals surface area contributed by atoms with Crippen molar-refractivity contribution in [3.05, 3.63) is 76.8 Å². The Morgan fingerprint density at radius 2 is 1.85 bits per heavy atom. The summed E-state index contributed by atoms with van der Waals surface area (Å²) >= 11 is 0. The van der Waals surface area contributed by atoms with E-state index in [0.717, 1.165) is 22.6 Å². The molecule has 4 N–H and O–H groups in total. The highest BCUT2D eigenvalue weighted by atomic mass is 16.5. The maximum Gasteiger partial charge on any atom is 0.262 e. The van der Waals surface area contributed by atoms with Gasteiger partial charge in [0.05, 0.1) is 12.5 Å². The number of H-pyrrole nitrogens is 1. The molecule has 2 heterocycles. The van der Waals surface area contributed by atoms with Crippen LogP contribution < -0.4 is 25.3 Å². The van der Waals surface area contributed by atoms with E-state index in [1.54, 1.807) is 36.4 Å². The predicted molar refractivity (Wildman–Crippen MR) is 121 cm³/mol. The van der Waals surface area contributed by atoms with Crippen molar-refractivity contribution in [2.75, 3.05) is 18.5 Å². The van der Waals surface area contributed by atoms with Crippen LogP contribution >= 0.6 is 0 Å². The number of fused-ring (bicyclic) bond motifs is 1. The first-order valence-electron chi connectivity index (χ1n) is 10.4. The van der Waals surface area contributed by atoms with Gasteiger partial charge in [0.1, 0.15) is 23.1 Å². The highest BCUT2D eigenvalue weighted by Gasteiger charge is 2.34. The van der Waals surface area contributed by atoms with Gasteiger partial charge in [0.15, 0.2) is 6.61 Å². The number of nitriles is 1. The van der Waals surface area contributed by atoms with Crippen LogP contribution in [0.2, 0.25) is 0 Å². The molecule has 1 aliphatic rings. The van der Waals surface area contributed by atoms with Crippen LogP contribution in [0.25, 0.3) is 0 Å². The standard InChI is InChI=1S/C24H23N5O4/c1-3-31-17-10-6-16(7-11-17)27-20(30)13-32-18-8-4-15(5-9-18)22-19(12-25)23(26)33-24-21(22)14(2)28-29-24/h4-11,22H,3,13,26H2,1-2H3,(H,27,30)(H,28,29)/t22-/m0/s1. The molecule has 0 fully saturated rings. The Morgan fingerprint density at radius 1 is 1.18 bits per heavy atom. The molecule has 0 radical (unpaired) electrons. The second-order valence-electron chi connectivity index (χ2n) is 7.36. The third kappa shape index (κ3) is 4.60. The first-order valence-corrected chi connectivity index (χ1v) is 10.4. The molecule has 0 spiro atoms. The number of aryl methyl sites for hydroxylation is 1. The summed E-state index contributed by atoms with van der Waals surface area (Å²) in [6.45, 7) is 4.20. The number of nitrogens with one attached hydrogen (secondary N) is 2. The second-order valence-corrected chi connectivity index (χ2v) is 7.36. The molecule has 33 heavy (non-hydrogen) atoms. The highest BCUT2D eigenvalue weighted by molar-refractivity contribution is 5.91. The molecule has 0 saturated carbocycles. The number of allylic oxidation sites excluding steroid dienone is 1. The van der Waals surface area contributed by atoms with Gasteiger partial charge in [-0.1, -0.05) is 12.1 Å². The minimum Gasteiger partial charge on any atom is -0.494 e. The van der Waals surface area contributed by atoms with Crippen molar-refractivity contribution in [3.8, 4) is 23.4 Å². The van der Waals surface area contributed by atoms with Crippen LogP contribution in [0.4, 0.5) is 5.69 Å². The lowest BCUT2D eigenvalue weighted by Gasteiger charge is -2.23. The lowest BCUT2D eigenvalue weighted by Crippen LogP contribution is -2.21. The first kappa shape index (κ1) is 21.8. The van der Waals surface area contributed by atoms with Gasteiger partial charge in [0.2, 0.25) is 11.8 Å². The van der Waals surface area contributed by atoms with Gasteiger partial charge < -0.3 is 25.3 Å². The molecule has 0 unspecified atom stereocenters. The average molecular weight is 445 g/mol. The van der Waals surface area contributed by atoms with E-state index in [4.69, 9.17) is 19.9 Å². The molecule has 0 saturated heterocycles. The zero-order valence-electron chi connectivity index (χ0n) is 18.2. The summed E-state index contributed by atoms with van der Waals surface area (Å²) < 4.78 is 16.5. The van der Waals surface area contributed by atoms with E-state index in [1.165, 1.54) is 0 Å². The van der Waals surface area contributed by atoms with Crippen LogP contribution in [-0.4, -0.2) is 29.3 Å². The number of hydrogen-bond donors (Lipinski definition) is 3. The number of amides is 1. The van der Waals surface area contributed by atoms with E-state index < -0.39 is 5.92 Å². The summed E-state index contributed by atoms with van der Waals surface area (Å²) in [5, 5.41) is 19.4. The van der Waals surface area contributed by atoms with Crippen molar-refractivity contribution in [2.24, 2.45) is 5.73 Å². The lowest BCUT2D eigenvalue weighted by molar-refractivity contribution is -0.118. The summed E-state index contributed by atoms with van der Waals surface area (Å²) in [7, 11) is 0. The molecular weight excluding hydrogens is 422 g/mol. The van der Waals surface area contributed by atoms with Gasteiger partial charge in [-0.15, -0.1) is 5.10 Å². The third-order valence-corrected chi connectivity index (χ3v) is 5.16. The van der Waals surface area contributed by atoms with E-state index in [2.05, 4.69) is 21.6 Å². The maximum atomic E-state index is 12.2. The van der Waals surface area contributed by atoms with Crippen LogP contribution in [0, 0.1) is 18.3 Å². The van der Waals surface area contributed by atoms with E-state index in [-0.39, 0.29) is 18.4 Å². The van der Waals surface area contributed by atoms with Crippen LogP contribution in [0.5, 0.6) is 17.4 Å². The second kappa shape index (κ2) is 9.36. The first-order chi connectivity index (χ1) is 16.0. The number of aromatic nitrogens is 2. The largest absolute Gasteiger partial charge is 0.494 e. The zero-order chi connectivity index (χ0) is 23.4. The van der Waals surface area contributed by atoms with Gasteiger partial charge >= 0.3 is 0 Å². The average Bonchev–Trinajstić information content (AvgIpc) is 3.18. The number of nitrogens with zero attached hydrogens (tertiary/aromatic N) is 2. The van der Waals surface area contributed by atoms with E-state index >= 15 is 0 Å². The predicted octanol–water partition coefficient (Wildman–Crippen LogP) is 3.35. The fourth-order valence-corrected chi connectivity index (χ4v) is 3.64. The summed E-state index contributed by atoms with van der Waals surface area (Å²) in [5.41, 5.74) is 9.30. The number of hydrogen-bond acceptors (Lipinski definition) is 7. The normalized spacial score (nSPS) is 14.6. The number of rotatable bonds is 7. The van der Waals surface area contributed by atoms with Crippen molar-refractivity contribution in [2.45, 2.75) is 19.8 Å². The quantitative estimate of drug-likeness (QED) is 0.507. The molecule has 3 aromatic rings. The maximum absolute atomic E-state index is 12.2. The van der Waals surface area contributed by atoms with Crippen molar-refractivity contribution >= 4 is 11.6 Å². The molecule has 1 aromatic heterocycles. The number of aromatic amines is 1. The molecule has 4 rings (SSSR count). The Hall–Kier alpha value is -4.45. The molecule has 9 nitrogen and oxygen atoms in total. The minimum atomic E-state index is -0.408. The lowest BCUT2D eigenvalue weighted by atomic mass is 9.84. The summed E-state index contributed by atoms with van der Waals surface area (Å²) in [4.78, 5) is 12.2. The van der Waals surface area contributed by atoms with Crippen molar-refractivity contribution in [3.63, 3.8) is 0 Å². The summed E-state index contributed by atoms with van der Waals surface area (Å²) in [6.07, 6.45) is 0. The topological polar surface area (TPSA) is 135 Å². The van der Waals surface area contributed by atoms with Gasteiger partial charge in [-0.2, -0.15) is 5.26 Å². The monoisotopic (exact) mass is 445 g/mol. The van der Waals surface area contributed by atoms with Crippen LogP contribution in [0.1, 0.15) is 29.7 Å². The van der Waals surface area contributed by atoms with Crippen LogP contribution in [0.15, 0.2) is 60.0 Å². The molecule has 9 heteroatoms. The molecule has 0 aliphatic carbocycles. The van der Waals surface area contributed by atoms with Gasteiger partial charge in [-0.05, 0) is 55.8 Å². The van der Waals surface area contributed by atoms with Gasteiger partial charge in [-0.3, -0.25) is 9.89 Å². The fraction of sp³-hybridized carbons (Fsp3) is 0.208. The number of nitrogens with two attached hydrogens (primary N) is 1. The Morgan fingerprint density at radius 3 is 2.52 bits per heavy atom. The van der Waals surface area contributed by atoms with Crippen LogP contribution in [-0.2, 0) is 4.79 Å². The molecule has 1 amide bonds. The van der Waals surface area contributed by atoms with Crippen molar-refractivity contribution in [1.82, 2.24) is 10.2 Å². The van der Waals surface area contributed by atoms with Gasteiger partial charge in [-0.25, -0.2) is 0 Å². The fourth-order valence-electron chi connectivity index (χ4n) is 3.64. The Labute approximate surface area is 190 Å². The number of carbonyl (C=O) groups is 1. The highest BCUT2D eigenvalue weighted by Crippen LogP contribution is 2.42. The molecule has 168 valence electrons. The third-order valence-electron chi connectivity index (χ3n) is 5.16. The molecule has 1 atom stereocenters. The number of ether oxygens (including phenoxy) is 3. The van der Waals surface area contributed by atoms with E-state index in [1.807, 2.05) is 26.0 Å².